The number of hydrogen-bond acceptors (Lipinski definition) is 1. The summed E-state index contributed by atoms with van der Waals surface area (Å²) in [5.74, 6) is 6.69. The lowest BCUT2D eigenvalue weighted by Gasteiger charge is -2.49. The second-order valence-electron chi connectivity index (χ2n) is 8.64. The molecule has 4 rings (SSSR count). The Hall–Kier alpha value is -0.0400. The van der Waals surface area contributed by atoms with Gasteiger partial charge in [-0.15, -0.1) is 0 Å². The highest BCUT2D eigenvalue weighted by atomic mass is 14.9. The van der Waals surface area contributed by atoms with Crippen LogP contribution in [0.25, 0.3) is 0 Å². The minimum absolute atomic E-state index is 0.241. The molecule has 4 aliphatic carbocycles. The molecule has 8 unspecified atom stereocenters. The first-order chi connectivity index (χ1) is 9.09. The van der Waals surface area contributed by atoms with Gasteiger partial charge >= 0.3 is 0 Å². The van der Waals surface area contributed by atoms with Gasteiger partial charge in [-0.2, -0.15) is 0 Å². The van der Waals surface area contributed by atoms with E-state index >= 15 is 0 Å². The van der Waals surface area contributed by atoms with Gasteiger partial charge in [-0.3, -0.25) is 0 Å². The first-order valence-corrected chi connectivity index (χ1v) is 8.88. The summed E-state index contributed by atoms with van der Waals surface area (Å²) in [7, 11) is 0. The van der Waals surface area contributed by atoms with Gasteiger partial charge in [0, 0.05) is 5.54 Å². The minimum Gasteiger partial charge on any atom is -0.325 e. The van der Waals surface area contributed by atoms with E-state index in [0.29, 0.717) is 0 Å². The molecule has 4 fully saturated rings. The van der Waals surface area contributed by atoms with E-state index in [-0.39, 0.29) is 5.54 Å². The van der Waals surface area contributed by atoms with Crippen molar-refractivity contribution in [2.75, 3.05) is 0 Å². The van der Waals surface area contributed by atoms with E-state index in [1.54, 1.807) is 0 Å². The average molecular weight is 261 g/mol. The highest BCUT2D eigenvalue weighted by Crippen LogP contribution is 2.64. The molecule has 8 atom stereocenters. The summed E-state index contributed by atoms with van der Waals surface area (Å²) in [6, 6.07) is 0. The van der Waals surface area contributed by atoms with Crippen molar-refractivity contribution in [3.05, 3.63) is 0 Å². The SMILES string of the molecule is CC1CCC(C2(N)CC3CC2C2CCCC32)CC1C. The van der Waals surface area contributed by atoms with Gasteiger partial charge in [-0.25, -0.2) is 0 Å². The zero-order valence-electron chi connectivity index (χ0n) is 12.8. The largest absolute Gasteiger partial charge is 0.325 e. The van der Waals surface area contributed by atoms with Crippen LogP contribution < -0.4 is 5.73 Å². The topological polar surface area (TPSA) is 26.0 Å². The molecule has 19 heavy (non-hydrogen) atoms. The van der Waals surface area contributed by atoms with Crippen LogP contribution in [0.5, 0.6) is 0 Å². The van der Waals surface area contributed by atoms with Gasteiger partial charge in [0.25, 0.3) is 0 Å². The molecule has 0 aromatic carbocycles. The molecule has 4 aliphatic rings. The fourth-order valence-electron chi connectivity index (χ4n) is 6.74. The van der Waals surface area contributed by atoms with E-state index in [1.807, 2.05) is 0 Å². The van der Waals surface area contributed by atoms with Crippen LogP contribution in [-0.4, -0.2) is 5.54 Å². The maximum Gasteiger partial charge on any atom is 0.0217 e. The van der Waals surface area contributed by atoms with Crippen molar-refractivity contribution < 1.29 is 0 Å². The second-order valence-corrected chi connectivity index (χ2v) is 8.64. The van der Waals surface area contributed by atoms with Crippen molar-refractivity contribution in [1.82, 2.24) is 0 Å². The van der Waals surface area contributed by atoms with Crippen LogP contribution in [0.4, 0.5) is 0 Å². The van der Waals surface area contributed by atoms with Crippen LogP contribution in [0.1, 0.15) is 65.2 Å². The molecular formula is C18H31N. The smallest absolute Gasteiger partial charge is 0.0217 e. The number of nitrogens with two attached hydrogens (primary N) is 1. The van der Waals surface area contributed by atoms with Gasteiger partial charge in [0.2, 0.25) is 0 Å². The summed E-state index contributed by atoms with van der Waals surface area (Å²) in [5, 5.41) is 0. The molecule has 0 saturated heterocycles. The highest BCUT2D eigenvalue weighted by Gasteiger charge is 2.61. The normalized spacial score (nSPS) is 60.5. The summed E-state index contributed by atoms with van der Waals surface area (Å²) >= 11 is 0. The predicted molar refractivity (Wildman–Crippen MR) is 79.6 cm³/mol. The number of fused-ring (bicyclic) bond motifs is 5. The fourth-order valence-corrected chi connectivity index (χ4v) is 6.74. The van der Waals surface area contributed by atoms with Crippen molar-refractivity contribution in [2.45, 2.75) is 70.8 Å². The molecule has 108 valence electrons. The van der Waals surface area contributed by atoms with Crippen molar-refractivity contribution in [3.63, 3.8) is 0 Å². The molecule has 0 spiro atoms. The molecule has 2 N–H and O–H groups in total. The average Bonchev–Trinajstić information content (AvgIpc) is 3.03. The van der Waals surface area contributed by atoms with Gasteiger partial charge < -0.3 is 5.73 Å². The monoisotopic (exact) mass is 261 g/mol. The molecule has 0 heterocycles. The summed E-state index contributed by atoms with van der Waals surface area (Å²) in [6.07, 6.45) is 11.7. The third-order valence-corrected chi connectivity index (χ3v) is 7.97. The summed E-state index contributed by atoms with van der Waals surface area (Å²) in [4.78, 5) is 0. The van der Waals surface area contributed by atoms with Gasteiger partial charge in [-0.05, 0) is 80.0 Å². The molecule has 0 amide bonds. The molecule has 4 saturated carbocycles. The number of hydrogen-bond donors (Lipinski definition) is 1. The van der Waals surface area contributed by atoms with Crippen molar-refractivity contribution >= 4 is 0 Å². The predicted octanol–water partition coefficient (Wildman–Crippen LogP) is 4.21. The maximum atomic E-state index is 7.08. The standard InChI is InChI=1S/C18H31N/c1-11-6-7-14(8-12(11)2)18(19)10-13-9-17(18)16-5-3-4-15(13)16/h11-17H,3-10,19H2,1-2H3. The summed E-state index contributed by atoms with van der Waals surface area (Å²) in [6.45, 7) is 4.91. The van der Waals surface area contributed by atoms with Crippen LogP contribution in [-0.2, 0) is 0 Å². The zero-order valence-corrected chi connectivity index (χ0v) is 12.8. The Morgan fingerprint density at radius 1 is 0.895 bits per heavy atom. The minimum atomic E-state index is 0.241. The summed E-state index contributed by atoms with van der Waals surface area (Å²) in [5.41, 5.74) is 7.32. The molecule has 2 bridgehead atoms. The lowest BCUT2D eigenvalue weighted by molar-refractivity contribution is 0.0548. The van der Waals surface area contributed by atoms with Crippen LogP contribution in [0, 0.1) is 41.4 Å². The molecular weight excluding hydrogens is 230 g/mol. The van der Waals surface area contributed by atoms with E-state index in [1.165, 1.54) is 51.4 Å². The molecule has 0 aliphatic heterocycles. The van der Waals surface area contributed by atoms with E-state index < -0.39 is 0 Å². The molecule has 0 radical (unpaired) electrons. The number of rotatable bonds is 1. The van der Waals surface area contributed by atoms with Gasteiger partial charge in [0.1, 0.15) is 0 Å². The van der Waals surface area contributed by atoms with Gasteiger partial charge in [0.05, 0.1) is 0 Å². The van der Waals surface area contributed by atoms with E-state index in [0.717, 1.165) is 41.4 Å². The maximum absolute atomic E-state index is 7.08. The van der Waals surface area contributed by atoms with Crippen LogP contribution >= 0.6 is 0 Å². The molecule has 1 nitrogen and oxygen atoms in total. The van der Waals surface area contributed by atoms with Crippen molar-refractivity contribution in [2.24, 2.45) is 47.2 Å². The zero-order chi connectivity index (χ0) is 13.2. The Morgan fingerprint density at radius 3 is 2.47 bits per heavy atom. The Labute approximate surface area is 118 Å². The lowest BCUT2D eigenvalue weighted by atomic mass is 9.60. The van der Waals surface area contributed by atoms with Gasteiger partial charge in [-0.1, -0.05) is 26.7 Å². The second kappa shape index (κ2) is 4.23. The van der Waals surface area contributed by atoms with Crippen molar-refractivity contribution in [3.8, 4) is 0 Å². The van der Waals surface area contributed by atoms with E-state index in [2.05, 4.69) is 13.8 Å². The summed E-state index contributed by atoms with van der Waals surface area (Å²) < 4.78 is 0. The third kappa shape index (κ3) is 1.69. The molecule has 0 aromatic rings. The van der Waals surface area contributed by atoms with Crippen LogP contribution in [0.2, 0.25) is 0 Å². The Morgan fingerprint density at radius 2 is 1.68 bits per heavy atom. The molecule has 1 heteroatoms. The third-order valence-electron chi connectivity index (χ3n) is 7.97. The quantitative estimate of drug-likeness (QED) is 0.751. The van der Waals surface area contributed by atoms with E-state index in [4.69, 9.17) is 5.73 Å². The Balaban J connectivity index is 1.55. The Kier molecular flexibility index (Phi) is 2.82. The first kappa shape index (κ1) is 12.7. The van der Waals surface area contributed by atoms with Crippen molar-refractivity contribution in [1.29, 1.82) is 0 Å². The van der Waals surface area contributed by atoms with Crippen LogP contribution in [0.15, 0.2) is 0 Å². The van der Waals surface area contributed by atoms with Crippen LogP contribution in [0.3, 0.4) is 0 Å². The van der Waals surface area contributed by atoms with Gasteiger partial charge in [0.15, 0.2) is 0 Å². The molecule has 0 aromatic heterocycles. The fraction of sp³-hybridized carbons (Fsp3) is 1.00. The van der Waals surface area contributed by atoms with E-state index in [9.17, 15) is 0 Å². The highest BCUT2D eigenvalue weighted by molar-refractivity contribution is 5.14. The Bertz CT molecular complexity index is 365. The first-order valence-electron chi connectivity index (χ1n) is 8.88. The lowest BCUT2D eigenvalue weighted by Crippen LogP contribution is -2.56.